The molecule has 2 N–H and O–H groups in total. The van der Waals surface area contributed by atoms with Crippen LogP contribution >= 0.6 is 0 Å². The molecule has 1 fully saturated rings. The molecule has 0 saturated carbocycles. The molecule has 3 aromatic rings. The van der Waals surface area contributed by atoms with E-state index in [-0.39, 0.29) is 0 Å². The van der Waals surface area contributed by atoms with E-state index in [4.69, 9.17) is 19.9 Å². The van der Waals surface area contributed by atoms with Crippen LogP contribution in [-0.4, -0.2) is 29.5 Å². The summed E-state index contributed by atoms with van der Waals surface area (Å²) in [6, 6.07) is 17.6. The highest BCUT2D eigenvalue weighted by Gasteiger charge is 2.21. The minimum Gasteiger partial charge on any atom is -0.457 e. The molecule has 0 bridgehead atoms. The van der Waals surface area contributed by atoms with Crippen LogP contribution in [0.5, 0.6) is 11.5 Å². The van der Waals surface area contributed by atoms with Crippen molar-refractivity contribution in [3.8, 4) is 23.0 Å². The summed E-state index contributed by atoms with van der Waals surface area (Å²) in [5.41, 5.74) is 7.79. The number of piperidine rings is 1. The van der Waals surface area contributed by atoms with Gasteiger partial charge in [-0.2, -0.15) is 0 Å². The minimum absolute atomic E-state index is 0.590. The third-order valence-corrected chi connectivity index (χ3v) is 5.26. The molecule has 2 heterocycles. The van der Waals surface area contributed by atoms with Crippen molar-refractivity contribution >= 4 is 0 Å². The molecule has 1 aliphatic heterocycles. The number of benzene rings is 2. The van der Waals surface area contributed by atoms with Gasteiger partial charge in [0, 0.05) is 18.7 Å². The summed E-state index contributed by atoms with van der Waals surface area (Å²) in [5, 5.41) is 0. The van der Waals surface area contributed by atoms with Crippen molar-refractivity contribution in [1.29, 1.82) is 0 Å². The van der Waals surface area contributed by atoms with Gasteiger partial charge >= 0.3 is 0 Å². The maximum absolute atomic E-state index is 5.98. The van der Waals surface area contributed by atoms with Gasteiger partial charge in [0.2, 0.25) is 5.89 Å². The number of aromatic nitrogens is 1. The predicted octanol–water partition coefficient (Wildman–Crippen LogP) is 4.61. The summed E-state index contributed by atoms with van der Waals surface area (Å²) < 4.78 is 11.9. The highest BCUT2D eigenvalue weighted by Crippen LogP contribution is 2.29. The second-order valence-electron chi connectivity index (χ2n) is 7.44. The zero-order chi connectivity index (χ0) is 19.3. The second-order valence-corrected chi connectivity index (χ2v) is 7.44. The first-order valence-corrected chi connectivity index (χ1v) is 9.93. The molecule has 1 saturated heterocycles. The minimum atomic E-state index is 0.590. The Balaban J connectivity index is 1.49. The number of nitrogens with two attached hydrogens (primary N) is 1. The van der Waals surface area contributed by atoms with Gasteiger partial charge in [-0.15, -0.1) is 0 Å². The van der Waals surface area contributed by atoms with Crippen LogP contribution in [0.3, 0.4) is 0 Å². The first-order valence-electron chi connectivity index (χ1n) is 9.93. The maximum Gasteiger partial charge on any atom is 0.226 e. The number of rotatable bonds is 6. The summed E-state index contributed by atoms with van der Waals surface area (Å²) in [6.45, 7) is 5.69. The number of aryl methyl sites for hydroxylation is 1. The van der Waals surface area contributed by atoms with E-state index in [1.54, 1.807) is 0 Å². The number of ether oxygens (including phenoxy) is 1. The van der Waals surface area contributed by atoms with Crippen LogP contribution in [0.25, 0.3) is 11.5 Å². The Morgan fingerprint density at radius 1 is 1.14 bits per heavy atom. The Bertz CT molecular complexity index is 907. The van der Waals surface area contributed by atoms with Crippen LogP contribution < -0.4 is 10.5 Å². The molecule has 28 heavy (non-hydrogen) atoms. The van der Waals surface area contributed by atoms with Crippen LogP contribution in [-0.2, 0) is 6.54 Å². The van der Waals surface area contributed by atoms with Crippen LogP contribution in [0.4, 0.5) is 0 Å². The summed E-state index contributed by atoms with van der Waals surface area (Å²) in [5.74, 6) is 3.68. The number of oxazole rings is 1. The number of hydrogen-bond donors (Lipinski definition) is 1. The standard InChI is InChI=1S/C23H27N3O2/c1-17-22(16-26-12-6-7-18(14-24)15-26)25-23(27-17)19-8-5-11-21(13-19)28-20-9-3-2-4-10-20/h2-5,8-11,13,18H,6-7,12,14-16,24H2,1H3. The maximum atomic E-state index is 5.98. The van der Waals surface area contributed by atoms with Crippen molar-refractivity contribution in [2.45, 2.75) is 26.3 Å². The Morgan fingerprint density at radius 2 is 1.96 bits per heavy atom. The van der Waals surface area contributed by atoms with E-state index in [9.17, 15) is 0 Å². The Morgan fingerprint density at radius 3 is 2.79 bits per heavy atom. The quantitative estimate of drug-likeness (QED) is 0.679. The van der Waals surface area contributed by atoms with Gasteiger partial charge in [-0.25, -0.2) is 4.98 Å². The van der Waals surface area contributed by atoms with Crippen molar-refractivity contribution in [1.82, 2.24) is 9.88 Å². The number of likely N-dealkylation sites (tertiary alicyclic amines) is 1. The molecule has 146 valence electrons. The van der Waals surface area contributed by atoms with Crippen molar-refractivity contribution in [3.05, 3.63) is 66.1 Å². The van der Waals surface area contributed by atoms with Gasteiger partial charge in [-0.1, -0.05) is 24.3 Å². The molecule has 0 spiro atoms. The fourth-order valence-electron chi connectivity index (χ4n) is 3.71. The van der Waals surface area contributed by atoms with Gasteiger partial charge in [-0.05, 0) is 69.1 Å². The lowest BCUT2D eigenvalue weighted by Crippen LogP contribution is -2.38. The monoisotopic (exact) mass is 377 g/mol. The van der Waals surface area contributed by atoms with E-state index < -0.39 is 0 Å². The van der Waals surface area contributed by atoms with E-state index in [2.05, 4.69) is 4.90 Å². The molecule has 0 radical (unpaired) electrons. The molecule has 1 aliphatic rings. The Labute approximate surface area is 166 Å². The molecule has 1 aromatic heterocycles. The van der Waals surface area contributed by atoms with Gasteiger partial charge in [0.15, 0.2) is 0 Å². The average Bonchev–Trinajstić information content (AvgIpc) is 3.09. The summed E-state index contributed by atoms with van der Waals surface area (Å²) in [7, 11) is 0. The van der Waals surface area contributed by atoms with E-state index in [1.807, 2.05) is 61.5 Å². The lowest BCUT2D eigenvalue weighted by molar-refractivity contribution is 0.169. The first-order chi connectivity index (χ1) is 13.7. The summed E-state index contributed by atoms with van der Waals surface area (Å²) in [6.07, 6.45) is 2.43. The van der Waals surface area contributed by atoms with E-state index >= 15 is 0 Å². The third-order valence-electron chi connectivity index (χ3n) is 5.26. The van der Waals surface area contributed by atoms with Crippen LogP contribution in [0.2, 0.25) is 0 Å². The van der Waals surface area contributed by atoms with Crippen LogP contribution in [0, 0.1) is 12.8 Å². The summed E-state index contributed by atoms with van der Waals surface area (Å²) >= 11 is 0. The molecular weight excluding hydrogens is 350 g/mol. The lowest BCUT2D eigenvalue weighted by atomic mass is 9.98. The predicted molar refractivity (Wildman–Crippen MR) is 110 cm³/mol. The Hall–Kier alpha value is -2.63. The molecule has 0 amide bonds. The second kappa shape index (κ2) is 8.59. The van der Waals surface area contributed by atoms with Crippen molar-refractivity contribution in [3.63, 3.8) is 0 Å². The molecule has 4 rings (SSSR count). The van der Waals surface area contributed by atoms with Gasteiger partial charge in [0.1, 0.15) is 17.3 Å². The third kappa shape index (κ3) is 4.43. The fraction of sp³-hybridized carbons (Fsp3) is 0.348. The normalized spacial score (nSPS) is 17.6. The molecule has 1 atom stereocenters. The van der Waals surface area contributed by atoms with E-state index in [1.165, 1.54) is 12.8 Å². The average molecular weight is 377 g/mol. The lowest BCUT2D eigenvalue weighted by Gasteiger charge is -2.31. The number of nitrogens with zero attached hydrogens (tertiary/aromatic N) is 2. The van der Waals surface area contributed by atoms with Crippen molar-refractivity contribution in [2.24, 2.45) is 11.7 Å². The zero-order valence-electron chi connectivity index (χ0n) is 16.3. The number of hydrogen-bond acceptors (Lipinski definition) is 5. The molecule has 0 aliphatic carbocycles. The summed E-state index contributed by atoms with van der Waals surface area (Å²) in [4.78, 5) is 7.21. The molecule has 1 unspecified atom stereocenters. The van der Waals surface area contributed by atoms with Crippen molar-refractivity contribution in [2.75, 3.05) is 19.6 Å². The smallest absolute Gasteiger partial charge is 0.226 e. The highest BCUT2D eigenvalue weighted by atomic mass is 16.5. The van der Waals surface area contributed by atoms with Gasteiger partial charge < -0.3 is 14.9 Å². The Kier molecular flexibility index (Phi) is 5.74. The van der Waals surface area contributed by atoms with Crippen molar-refractivity contribution < 1.29 is 9.15 Å². The molecule has 5 heteroatoms. The number of para-hydroxylation sites is 1. The topological polar surface area (TPSA) is 64.5 Å². The highest BCUT2D eigenvalue weighted by molar-refractivity contribution is 5.57. The first kappa shape index (κ1) is 18.7. The van der Waals surface area contributed by atoms with Crippen LogP contribution in [0.15, 0.2) is 59.0 Å². The fourth-order valence-corrected chi connectivity index (χ4v) is 3.71. The van der Waals surface area contributed by atoms with E-state index in [0.29, 0.717) is 11.8 Å². The van der Waals surface area contributed by atoms with Crippen LogP contribution in [0.1, 0.15) is 24.3 Å². The molecular formula is C23H27N3O2. The zero-order valence-corrected chi connectivity index (χ0v) is 16.3. The largest absolute Gasteiger partial charge is 0.457 e. The molecule has 2 aromatic carbocycles. The van der Waals surface area contributed by atoms with Gasteiger partial charge in [-0.3, -0.25) is 4.90 Å². The van der Waals surface area contributed by atoms with Gasteiger partial charge in [0.25, 0.3) is 0 Å². The van der Waals surface area contributed by atoms with E-state index in [0.717, 1.165) is 54.7 Å². The van der Waals surface area contributed by atoms with Gasteiger partial charge in [0.05, 0.1) is 5.69 Å². The molecule has 5 nitrogen and oxygen atoms in total. The SMILES string of the molecule is Cc1oc(-c2cccc(Oc3ccccc3)c2)nc1CN1CCCC(CN)C1.